The van der Waals surface area contributed by atoms with Gasteiger partial charge in [-0.3, -0.25) is 0 Å². The van der Waals surface area contributed by atoms with Gasteiger partial charge < -0.3 is 10.1 Å². The highest BCUT2D eigenvalue weighted by Crippen LogP contribution is 2.20. The van der Waals surface area contributed by atoms with Gasteiger partial charge in [0.15, 0.2) is 0 Å². The van der Waals surface area contributed by atoms with Crippen LogP contribution in [0.15, 0.2) is 0 Å². The summed E-state index contributed by atoms with van der Waals surface area (Å²) in [5.74, 6) is 1.53. The lowest BCUT2D eigenvalue weighted by Crippen LogP contribution is -2.29. The Balaban J connectivity index is 3.75. The van der Waals surface area contributed by atoms with Crippen molar-refractivity contribution in [2.75, 3.05) is 20.2 Å². The van der Waals surface area contributed by atoms with Crippen molar-refractivity contribution < 1.29 is 4.74 Å². The van der Waals surface area contributed by atoms with Crippen molar-refractivity contribution in [3.8, 4) is 0 Å². The fraction of sp³-hybridized carbons (Fsp3) is 1.00. The minimum Gasteiger partial charge on any atom is -0.379 e. The van der Waals surface area contributed by atoms with Crippen LogP contribution in [0.2, 0.25) is 0 Å². The van der Waals surface area contributed by atoms with Crippen LogP contribution >= 0.6 is 0 Å². The van der Waals surface area contributed by atoms with Gasteiger partial charge in [0.1, 0.15) is 0 Å². The first-order valence-electron chi connectivity index (χ1n) is 6.67. The minimum absolute atomic E-state index is 0.0332. The average molecular weight is 229 g/mol. The number of hydrogen-bond donors (Lipinski definition) is 1. The van der Waals surface area contributed by atoms with Crippen LogP contribution in [0.4, 0.5) is 0 Å². The molecule has 0 aliphatic heterocycles. The Labute approximate surface area is 102 Å². The normalized spacial score (nSPS) is 14.4. The minimum atomic E-state index is 0.0332. The summed E-state index contributed by atoms with van der Waals surface area (Å²) in [6, 6.07) is 0. The molecule has 2 heteroatoms. The van der Waals surface area contributed by atoms with Crippen LogP contribution in [0.25, 0.3) is 0 Å². The molecule has 0 aliphatic rings. The van der Waals surface area contributed by atoms with Gasteiger partial charge in [-0.05, 0) is 51.6 Å². The molecule has 0 aromatic carbocycles. The first kappa shape index (κ1) is 15.9. The molecule has 16 heavy (non-hydrogen) atoms. The second kappa shape index (κ2) is 8.08. The standard InChI is InChI=1S/C14H31NO/c1-7-13(11-15-10-12(2)3)8-9-14(4,5)16-6/h12-13,15H,7-11H2,1-6H3. The molecule has 0 saturated carbocycles. The number of hydrogen-bond acceptors (Lipinski definition) is 2. The van der Waals surface area contributed by atoms with Gasteiger partial charge in [-0.1, -0.05) is 27.2 Å². The summed E-state index contributed by atoms with van der Waals surface area (Å²) < 4.78 is 5.45. The van der Waals surface area contributed by atoms with Crippen molar-refractivity contribution in [1.29, 1.82) is 0 Å². The Hall–Kier alpha value is -0.0800. The number of methoxy groups -OCH3 is 1. The van der Waals surface area contributed by atoms with Crippen molar-refractivity contribution in [3.05, 3.63) is 0 Å². The molecule has 98 valence electrons. The lowest BCUT2D eigenvalue weighted by molar-refractivity contribution is 0.0102. The lowest BCUT2D eigenvalue weighted by Gasteiger charge is -2.25. The van der Waals surface area contributed by atoms with E-state index in [0.717, 1.165) is 31.3 Å². The average Bonchev–Trinajstić information content (AvgIpc) is 2.22. The van der Waals surface area contributed by atoms with Crippen molar-refractivity contribution in [2.45, 2.75) is 59.5 Å². The Morgan fingerprint density at radius 2 is 1.81 bits per heavy atom. The third kappa shape index (κ3) is 8.12. The third-order valence-corrected chi connectivity index (χ3v) is 3.27. The predicted octanol–water partition coefficient (Wildman–Crippen LogP) is 3.46. The van der Waals surface area contributed by atoms with E-state index in [4.69, 9.17) is 4.74 Å². The van der Waals surface area contributed by atoms with Gasteiger partial charge in [-0.15, -0.1) is 0 Å². The van der Waals surface area contributed by atoms with Gasteiger partial charge in [0, 0.05) is 7.11 Å². The maximum atomic E-state index is 5.45. The van der Waals surface area contributed by atoms with E-state index >= 15 is 0 Å². The summed E-state index contributed by atoms with van der Waals surface area (Å²) in [6.45, 7) is 13.4. The molecule has 0 bridgehead atoms. The van der Waals surface area contributed by atoms with Crippen LogP contribution in [0.3, 0.4) is 0 Å². The topological polar surface area (TPSA) is 21.3 Å². The van der Waals surface area contributed by atoms with Gasteiger partial charge in [-0.2, -0.15) is 0 Å². The van der Waals surface area contributed by atoms with E-state index in [1.54, 1.807) is 7.11 Å². The molecule has 0 spiro atoms. The molecule has 1 atom stereocenters. The zero-order chi connectivity index (χ0) is 12.6. The zero-order valence-corrected chi connectivity index (χ0v) is 12.1. The van der Waals surface area contributed by atoms with Crippen LogP contribution in [0.1, 0.15) is 53.9 Å². The summed E-state index contributed by atoms with van der Waals surface area (Å²) in [5, 5.41) is 3.55. The van der Waals surface area contributed by atoms with E-state index < -0.39 is 0 Å². The summed E-state index contributed by atoms with van der Waals surface area (Å²) >= 11 is 0. The van der Waals surface area contributed by atoms with E-state index in [2.05, 4.69) is 39.9 Å². The molecule has 0 aromatic rings. The molecule has 0 aromatic heterocycles. The monoisotopic (exact) mass is 229 g/mol. The zero-order valence-electron chi connectivity index (χ0n) is 12.1. The molecule has 1 unspecified atom stereocenters. The van der Waals surface area contributed by atoms with Crippen LogP contribution in [-0.2, 0) is 4.74 Å². The van der Waals surface area contributed by atoms with Crippen molar-refractivity contribution in [1.82, 2.24) is 5.32 Å². The van der Waals surface area contributed by atoms with E-state index in [9.17, 15) is 0 Å². The Bertz CT molecular complexity index is 166. The molecule has 0 saturated heterocycles. The summed E-state index contributed by atoms with van der Waals surface area (Å²) in [5.41, 5.74) is 0.0332. The molecular formula is C14H31NO. The van der Waals surface area contributed by atoms with E-state index in [1.165, 1.54) is 12.8 Å². The quantitative estimate of drug-likeness (QED) is 0.654. The molecule has 0 radical (unpaired) electrons. The molecule has 0 fully saturated rings. The van der Waals surface area contributed by atoms with Gasteiger partial charge >= 0.3 is 0 Å². The highest BCUT2D eigenvalue weighted by atomic mass is 16.5. The van der Waals surface area contributed by atoms with Gasteiger partial charge in [-0.25, -0.2) is 0 Å². The smallest absolute Gasteiger partial charge is 0.0622 e. The maximum Gasteiger partial charge on any atom is 0.0622 e. The molecule has 0 rings (SSSR count). The second-order valence-corrected chi connectivity index (χ2v) is 5.83. The van der Waals surface area contributed by atoms with Crippen molar-refractivity contribution in [3.63, 3.8) is 0 Å². The molecule has 2 nitrogen and oxygen atoms in total. The molecule has 0 heterocycles. The fourth-order valence-electron chi connectivity index (χ4n) is 1.68. The first-order chi connectivity index (χ1) is 7.41. The van der Waals surface area contributed by atoms with Gasteiger partial charge in [0.25, 0.3) is 0 Å². The van der Waals surface area contributed by atoms with Crippen LogP contribution in [-0.4, -0.2) is 25.8 Å². The SMILES string of the molecule is CCC(CCC(C)(C)OC)CNCC(C)C. The molecule has 0 amide bonds. The van der Waals surface area contributed by atoms with Gasteiger partial charge in [0.05, 0.1) is 5.60 Å². The molecular weight excluding hydrogens is 198 g/mol. The second-order valence-electron chi connectivity index (χ2n) is 5.83. The number of nitrogens with one attached hydrogen (secondary N) is 1. The van der Waals surface area contributed by atoms with Crippen molar-refractivity contribution in [2.24, 2.45) is 11.8 Å². The Kier molecular flexibility index (Phi) is 8.04. The van der Waals surface area contributed by atoms with E-state index in [-0.39, 0.29) is 5.60 Å². The number of rotatable bonds is 9. The van der Waals surface area contributed by atoms with Gasteiger partial charge in [0.2, 0.25) is 0 Å². The van der Waals surface area contributed by atoms with Crippen LogP contribution < -0.4 is 5.32 Å². The van der Waals surface area contributed by atoms with E-state index in [0.29, 0.717) is 0 Å². The fourth-order valence-corrected chi connectivity index (χ4v) is 1.68. The van der Waals surface area contributed by atoms with E-state index in [1.807, 2.05) is 0 Å². The lowest BCUT2D eigenvalue weighted by atomic mass is 9.93. The third-order valence-electron chi connectivity index (χ3n) is 3.27. The summed E-state index contributed by atoms with van der Waals surface area (Å²) in [4.78, 5) is 0. The van der Waals surface area contributed by atoms with Crippen LogP contribution in [0, 0.1) is 11.8 Å². The highest BCUT2D eigenvalue weighted by molar-refractivity contribution is 4.71. The van der Waals surface area contributed by atoms with Crippen molar-refractivity contribution >= 4 is 0 Å². The largest absolute Gasteiger partial charge is 0.379 e. The summed E-state index contributed by atoms with van der Waals surface area (Å²) in [6.07, 6.45) is 3.65. The molecule has 0 aliphatic carbocycles. The first-order valence-corrected chi connectivity index (χ1v) is 6.67. The Morgan fingerprint density at radius 3 is 2.25 bits per heavy atom. The highest BCUT2D eigenvalue weighted by Gasteiger charge is 2.18. The summed E-state index contributed by atoms with van der Waals surface area (Å²) in [7, 11) is 1.80. The maximum absolute atomic E-state index is 5.45. The molecule has 1 N–H and O–H groups in total. The van der Waals surface area contributed by atoms with Crippen LogP contribution in [0.5, 0.6) is 0 Å². The predicted molar refractivity (Wildman–Crippen MR) is 71.8 cm³/mol. The Morgan fingerprint density at radius 1 is 1.19 bits per heavy atom. The number of ether oxygens (including phenoxy) is 1.